The minimum absolute atomic E-state index is 0.0941. The second-order valence-corrected chi connectivity index (χ2v) is 5.07. The lowest BCUT2D eigenvalue weighted by molar-refractivity contribution is 0.404. The maximum atomic E-state index is 13.5. The Morgan fingerprint density at radius 3 is 2.42 bits per heavy atom. The highest BCUT2D eigenvalue weighted by Crippen LogP contribution is 2.34. The molecule has 122 valence electrons. The Morgan fingerprint density at radius 1 is 0.917 bits per heavy atom. The van der Waals surface area contributed by atoms with E-state index < -0.39 is 0 Å². The van der Waals surface area contributed by atoms with Gasteiger partial charge in [-0.25, -0.2) is 14.4 Å². The molecule has 0 aliphatic rings. The van der Waals surface area contributed by atoms with Gasteiger partial charge in [0.1, 0.15) is 17.3 Å². The van der Waals surface area contributed by atoms with Crippen LogP contribution in [0.25, 0.3) is 22.5 Å². The number of methoxy groups -OCH3 is 2. The van der Waals surface area contributed by atoms with Gasteiger partial charge in [0.15, 0.2) is 0 Å². The Hall–Kier alpha value is -3.15. The van der Waals surface area contributed by atoms with Crippen LogP contribution in [0.4, 0.5) is 10.3 Å². The molecule has 0 amide bonds. The van der Waals surface area contributed by atoms with E-state index in [0.717, 1.165) is 0 Å². The minimum Gasteiger partial charge on any atom is -0.497 e. The molecule has 2 aromatic carbocycles. The second-order valence-electron chi connectivity index (χ2n) is 5.07. The molecular weight excluding hydrogens is 309 g/mol. The maximum Gasteiger partial charge on any atom is 0.221 e. The van der Waals surface area contributed by atoms with E-state index in [9.17, 15) is 4.39 Å². The average molecular weight is 325 g/mol. The third-order valence-corrected chi connectivity index (χ3v) is 3.55. The summed E-state index contributed by atoms with van der Waals surface area (Å²) >= 11 is 0. The molecule has 0 saturated carbocycles. The zero-order valence-corrected chi connectivity index (χ0v) is 13.3. The molecule has 0 unspecified atom stereocenters. The lowest BCUT2D eigenvalue weighted by atomic mass is 10.1. The highest BCUT2D eigenvalue weighted by Gasteiger charge is 2.13. The predicted octanol–water partition coefficient (Wildman–Crippen LogP) is 3.55. The van der Waals surface area contributed by atoms with Crippen molar-refractivity contribution in [1.29, 1.82) is 0 Å². The number of halogens is 1. The first-order valence-corrected chi connectivity index (χ1v) is 7.23. The van der Waals surface area contributed by atoms with E-state index in [1.165, 1.54) is 12.1 Å². The van der Waals surface area contributed by atoms with E-state index >= 15 is 0 Å². The smallest absolute Gasteiger partial charge is 0.221 e. The molecular formula is C18H16FN3O2. The second kappa shape index (κ2) is 6.54. The molecule has 24 heavy (non-hydrogen) atoms. The fraction of sp³-hybridized carbons (Fsp3) is 0.111. The van der Waals surface area contributed by atoms with Gasteiger partial charge in [-0.15, -0.1) is 0 Å². The standard InChI is InChI=1S/C18H16FN3O2/c1-23-13-6-7-17(24-2)14(9-13)16-10-15(21-18(20)22-16)11-4-3-5-12(19)8-11/h3-10H,1-2H3,(H2,20,21,22). The van der Waals surface area contributed by atoms with Crippen LogP contribution >= 0.6 is 0 Å². The number of aromatic nitrogens is 2. The number of rotatable bonds is 4. The summed E-state index contributed by atoms with van der Waals surface area (Å²) in [6, 6.07) is 13.3. The van der Waals surface area contributed by atoms with Crippen molar-refractivity contribution in [1.82, 2.24) is 9.97 Å². The van der Waals surface area contributed by atoms with Crippen molar-refractivity contribution in [2.45, 2.75) is 0 Å². The number of nitrogens with two attached hydrogens (primary N) is 1. The van der Waals surface area contributed by atoms with Crippen molar-refractivity contribution in [3.8, 4) is 34.0 Å². The van der Waals surface area contributed by atoms with Gasteiger partial charge in [0, 0.05) is 11.1 Å². The molecule has 0 aliphatic carbocycles. The molecule has 3 rings (SSSR count). The molecule has 3 aromatic rings. The van der Waals surface area contributed by atoms with Crippen molar-refractivity contribution >= 4 is 5.95 Å². The normalized spacial score (nSPS) is 10.5. The summed E-state index contributed by atoms with van der Waals surface area (Å²) in [7, 11) is 3.15. The fourth-order valence-corrected chi connectivity index (χ4v) is 2.41. The molecule has 0 spiro atoms. The van der Waals surface area contributed by atoms with Gasteiger partial charge in [-0.05, 0) is 36.4 Å². The third-order valence-electron chi connectivity index (χ3n) is 3.55. The summed E-state index contributed by atoms with van der Waals surface area (Å²) in [5.41, 5.74) is 8.27. The molecule has 1 heterocycles. The first kappa shape index (κ1) is 15.7. The van der Waals surface area contributed by atoms with Gasteiger partial charge < -0.3 is 15.2 Å². The van der Waals surface area contributed by atoms with Crippen molar-refractivity contribution in [3.63, 3.8) is 0 Å². The first-order valence-electron chi connectivity index (χ1n) is 7.23. The van der Waals surface area contributed by atoms with Crippen LogP contribution in [0.2, 0.25) is 0 Å². The van der Waals surface area contributed by atoms with Crippen LogP contribution in [-0.2, 0) is 0 Å². The van der Waals surface area contributed by atoms with E-state index in [2.05, 4.69) is 9.97 Å². The summed E-state index contributed by atoms with van der Waals surface area (Å²) < 4.78 is 24.1. The van der Waals surface area contributed by atoms with Gasteiger partial charge >= 0.3 is 0 Å². The third kappa shape index (κ3) is 3.12. The minimum atomic E-state index is -0.342. The van der Waals surface area contributed by atoms with E-state index in [-0.39, 0.29) is 11.8 Å². The first-order chi connectivity index (χ1) is 11.6. The molecule has 0 aliphatic heterocycles. The Bertz CT molecular complexity index is 884. The monoisotopic (exact) mass is 325 g/mol. The van der Waals surface area contributed by atoms with Crippen molar-refractivity contribution in [3.05, 3.63) is 54.3 Å². The SMILES string of the molecule is COc1ccc(OC)c(-c2cc(-c3cccc(F)c3)nc(N)n2)c1. The summed E-state index contributed by atoms with van der Waals surface area (Å²) in [5, 5.41) is 0. The van der Waals surface area contributed by atoms with Gasteiger partial charge in [0.05, 0.1) is 25.6 Å². The van der Waals surface area contributed by atoms with Gasteiger partial charge in [-0.1, -0.05) is 12.1 Å². The number of nitrogens with zero attached hydrogens (tertiary/aromatic N) is 2. The molecule has 0 atom stereocenters. The lowest BCUT2D eigenvalue weighted by Crippen LogP contribution is -2.00. The predicted molar refractivity (Wildman–Crippen MR) is 90.4 cm³/mol. The number of benzene rings is 2. The summed E-state index contributed by atoms with van der Waals surface area (Å²) in [6.45, 7) is 0. The van der Waals surface area contributed by atoms with E-state index in [4.69, 9.17) is 15.2 Å². The average Bonchev–Trinajstić information content (AvgIpc) is 2.60. The van der Waals surface area contributed by atoms with Crippen LogP contribution in [0.5, 0.6) is 11.5 Å². The van der Waals surface area contributed by atoms with Gasteiger partial charge in [-0.3, -0.25) is 0 Å². The summed E-state index contributed by atoms with van der Waals surface area (Å²) in [6.07, 6.45) is 0. The lowest BCUT2D eigenvalue weighted by Gasteiger charge is -2.11. The van der Waals surface area contributed by atoms with Crippen LogP contribution in [0.3, 0.4) is 0 Å². The van der Waals surface area contributed by atoms with Gasteiger partial charge in [-0.2, -0.15) is 0 Å². The number of hydrogen-bond donors (Lipinski definition) is 1. The molecule has 2 N–H and O–H groups in total. The van der Waals surface area contributed by atoms with Crippen molar-refractivity contribution in [2.24, 2.45) is 0 Å². The zero-order valence-electron chi connectivity index (χ0n) is 13.3. The molecule has 0 fully saturated rings. The van der Waals surface area contributed by atoms with Crippen LogP contribution in [0.1, 0.15) is 0 Å². The van der Waals surface area contributed by atoms with E-state index in [0.29, 0.717) is 34.0 Å². The van der Waals surface area contributed by atoms with Crippen LogP contribution in [0, 0.1) is 5.82 Å². The number of anilines is 1. The topological polar surface area (TPSA) is 70.3 Å². The van der Waals surface area contributed by atoms with Gasteiger partial charge in [0.2, 0.25) is 5.95 Å². The van der Waals surface area contributed by atoms with E-state index in [1.807, 2.05) is 0 Å². The maximum absolute atomic E-state index is 13.5. The Kier molecular flexibility index (Phi) is 4.29. The number of nitrogen functional groups attached to an aromatic ring is 1. The van der Waals surface area contributed by atoms with Crippen LogP contribution < -0.4 is 15.2 Å². The molecule has 0 saturated heterocycles. The molecule has 0 radical (unpaired) electrons. The Balaban J connectivity index is 2.16. The Morgan fingerprint density at radius 2 is 1.71 bits per heavy atom. The summed E-state index contributed by atoms with van der Waals surface area (Å²) in [5.74, 6) is 1.04. The molecule has 0 bridgehead atoms. The Labute approximate surface area is 138 Å². The molecule has 5 nitrogen and oxygen atoms in total. The fourth-order valence-electron chi connectivity index (χ4n) is 2.41. The van der Waals surface area contributed by atoms with Crippen molar-refractivity contribution in [2.75, 3.05) is 20.0 Å². The summed E-state index contributed by atoms with van der Waals surface area (Å²) in [4.78, 5) is 8.47. The molecule has 6 heteroatoms. The number of ether oxygens (including phenoxy) is 2. The van der Waals surface area contributed by atoms with Crippen molar-refractivity contribution < 1.29 is 13.9 Å². The molecule has 1 aromatic heterocycles. The highest BCUT2D eigenvalue weighted by molar-refractivity contribution is 5.74. The van der Waals surface area contributed by atoms with Crippen LogP contribution in [-0.4, -0.2) is 24.2 Å². The largest absolute Gasteiger partial charge is 0.497 e. The zero-order chi connectivity index (χ0) is 17.1. The highest BCUT2D eigenvalue weighted by atomic mass is 19.1. The quantitative estimate of drug-likeness (QED) is 0.794. The van der Waals surface area contributed by atoms with E-state index in [1.54, 1.807) is 50.6 Å². The van der Waals surface area contributed by atoms with Crippen LogP contribution in [0.15, 0.2) is 48.5 Å². The van der Waals surface area contributed by atoms with Gasteiger partial charge in [0.25, 0.3) is 0 Å². The number of hydrogen-bond acceptors (Lipinski definition) is 5.